The first-order chi connectivity index (χ1) is 8.70. The first-order valence-electron chi connectivity index (χ1n) is 5.86. The number of thiocarbonyl (C=S) groups is 1. The maximum absolute atomic E-state index is 5.74. The Morgan fingerprint density at radius 2 is 2.39 bits per heavy atom. The first kappa shape index (κ1) is 13.3. The van der Waals surface area contributed by atoms with E-state index in [1.54, 1.807) is 7.11 Å². The molecule has 5 heteroatoms. The second-order valence-electron chi connectivity index (χ2n) is 4.20. The Morgan fingerprint density at radius 1 is 1.56 bits per heavy atom. The Morgan fingerprint density at radius 3 is 3.00 bits per heavy atom. The van der Waals surface area contributed by atoms with Gasteiger partial charge in [0.15, 0.2) is 0 Å². The Kier molecular flexibility index (Phi) is 4.52. The third-order valence-electron chi connectivity index (χ3n) is 2.91. The Labute approximate surface area is 112 Å². The van der Waals surface area contributed by atoms with Gasteiger partial charge in [0, 0.05) is 6.61 Å². The molecule has 1 saturated heterocycles. The third-order valence-corrected chi connectivity index (χ3v) is 3.12. The maximum atomic E-state index is 5.74. The Bertz CT molecular complexity index is 430. The van der Waals surface area contributed by atoms with Crippen molar-refractivity contribution < 1.29 is 14.2 Å². The number of nitrogens with two attached hydrogens (primary N) is 1. The summed E-state index contributed by atoms with van der Waals surface area (Å²) in [5.74, 6) is 0.686. The lowest BCUT2D eigenvalue weighted by atomic mass is 10.1. The van der Waals surface area contributed by atoms with Crippen LogP contribution in [0.15, 0.2) is 18.2 Å². The van der Waals surface area contributed by atoms with Crippen LogP contribution in [-0.2, 0) is 16.1 Å². The van der Waals surface area contributed by atoms with Gasteiger partial charge in [-0.1, -0.05) is 18.3 Å². The van der Waals surface area contributed by atoms with Gasteiger partial charge >= 0.3 is 0 Å². The van der Waals surface area contributed by atoms with Crippen molar-refractivity contribution >= 4 is 17.2 Å². The van der Waals surface area contributed by atoms with E-state index in [0.29, 0.717) is 24.0 Å². The minimum absolute atomic E-state index is 0.200. The normalized spacial score (nSPS) is 18.8. The SMILES string of the molecule is COc1cc(COC2CCOC2)ccc1C(N)=S. The number of hydrogen-bond acceptors (Lipinski definition) is 4. The molecular formula is C13H17NO3S. The summed E-state index contributed by atoms with van der Waals surface area (Å²) in [4.78, 5) is 0.337. The number of ether oxygens (including phenoxy) is 3. The Balaban J connectivity index is 2.02. The lowest BCUT2D eigenvalue weighted by Gasteiger charge is -2.12. The van der Waals surface area contributed by atoms with E-state index in [-0.39, 0.29) is 6.10 Å². The molecule has 0 aromatic heterocycles. The molecule has 2 rings (SSSR count). The molecule has 1 atom stereocenters. The smallest absolute Gasteiger partial charge is 0.129 e. The van der Waals surface area contributed by atoms with Gasteiger partial charge in [-0.05, 0) is 24.1 Å². The van der Waals surface area contributed by atoms with Crippen LogP contribution < -0.4 is 10.5 Å². The molecular weight excluding hydrogens is 250 g/mol. The molecule has 0 bridgehead atoms. The van der Waals surface area contributed by atoms with Gasteiger partial charge in [-0.15, -0.1) is 0 Å². The molecule has 1 aliphatic heterocycles. The predicted molar refractivity (Wildman–Crippen MR) is 72.9 cm³/mol. The van der Waals surface area contributed by atoms with E-state index < -0.39 is 0 Å². The van der Waals surface area contributed by atoms with Gasteiger partial charge in [-0.2, -0.15) is 0 Å². The third kappa shape index (κ3) is 3.19. The van der Waals surface area contributed by atoms with Crippen molar-refractivity contribution in [3.8, 4) is 5.75 Å². The summed E-state index contributed by atoms with van der Waals surface area (Å²) in [5.41, 5.74) is 7.41. The fraction of sp³-hybridized carbons (Fsp3) is 0.462. The Hall–Kier alpha value is -1.17. The molecule has 0 spiro atoms. The highest BCUT2D eigenvalue weighted by Crippen LogP contribution is 2.21. The van der Waals surface area contributed by atoms with Crippen LogP contribution in [0.4, 0.5) is 0 Å². The zero-order valence-electron chi connectivity index (χ0n) is 10.3. The molecule has 1 aromatic carbocycles. The lowest BCUT2D eigenvalue weighted by molar-refractivity contribution is 0.0317. The van der Waals surface area contributed by atoms with E-state index in [1.165, 1.54) is 0 Å². The van der Waals surface area contributed by atoms with Gasteiger partial charge in [0.2, 0.25) is 0 Å². The van der Waals surface area contributed by atoms with E-state index in [0.717, 1.165) is 24.2 Å². The predicted octanol–water partition coefficient (Wildman–Crippen LogP) is 1.63. The van der Waals surface area contributed by atoms with Crippen LogP contribution in [0.25, 0.3) is 0 Å². The van der Waals surface area contributed by atoms with Crippen LogP contribution in [0.2, 0.25) is 0 Å². The quantitative estimate of drug-likeness (QED) is 0.822. The molecule has 0 amide bonds. The lowest BCUT2D eigenvalue weighted by Crippen LogP contribution is -2.13. The van der Waals surface area contributed by atoms with Crippen molar-refractivity contribution in [1.82, 2.24) is 0 Å². The minimum Gasteiger partial charge on any atom is -0.496 e. The summed E-state index contributed by atoms with van der Waals surface area (Å²) >= 11 is 4.96. The summed E-state index contributed by atoms with van der Waals surface area (Å²) in [7, 11) is 1.60. The van der Waals surface area contributed by atoms with Gasteiger partial charge in [0.05, 0.1) is 32.0 Å². The summed E-state index contributed by atoms with van der Waals surface area (Å²) in [5, 5.41) is 0. The number of hydrogen-bond donors (Lipinski definition) is 1. The zero-order chi connectivity index (χ0) is 13.0. The summed E-state index contributed by atoms with van der Waals surface area (Å²) in [6, 6.07) is 5.72. The topological polar surface area (TPSA) is 53.7 Å². The van der Waals surface area contributed by atoms with Crippen LogP contribution in [-0.4, -0.2) is 31.4 Å². The maximum Gasteiger partial charge on any atom is 0.129 e. The number of rotatable bonds is 5. The summed E-state index contributed by atoms with van der Waals surface area (Å²) < 4.78 is 16.3. The molecule has 1 fully saturated rings. The van der Waals surface area contributed by atoms with Crippen molar-refractivity contribution in [2.75, 3.05) is 20.3 Å². The molecule has 2 N–H and O–H groups in total. The highest BCUT2D eigenvalue weighted by atomic mass is 32.1. The van der Waals surface area contributed by atoms with Crippen molar-refractivity contribution in [1.29, 1.82) is 0 Å². The van der Waals surface area contributed by atoms with Crippen LogP contribution in [0.3, 0.4) is 0 Å². The van der Waals surface area contributed by atoms with Crippen molar-refractivity contribution in [3.05, 3.63) is 29.3 Å². The fourth-order valence-electron chi connectivity index (χ4n) is 1.89. The number of methoxy groups -OCH3 is 1. The highest BCUT2D eigenvalue weighted by Gasteiger charge is 2.16. The van der Waals surface area contributed by atoms with Gasteiger partial charge in [-0.25, -0.2) is 0 Å². The van der Waals surface area contributed by atoms with Crippen LogP contribution >= 0.6 is 12.2 Å². The highest BCUT2D eigenvalue weighted by molar-refractivity contribution is 7.80. The van der Waals surface area contributed by atoms with E-state index in [1.807, 2.05) is 18.2 Å². The standard InChI is InChI=1S/C13H17NO3S/c1-15-12-6-9(2-3-11(12)13(14)18)7-17-10-4-5-16-8-10/h2-3,6,10H,4-5,7-8H2,1H3,(H2,14,18). The largest absolute Gasteiger partial charge is 0.496 e. The molecule has 0 radical (unpaired) electrons. The van der Waals surface area contributed by atoms with Gasteiger partial charge in [-0.3, -0.25) is 0 Å². The van der Waals surface area contributed by atoms with Crippen LogP contribution in [0.1, 0.15) is 17.5 Å². The second kappa shape index (κ2) is 6.13. The van der Waals surface area contributed by atoms with E-state index >= 15 is 0 Å². The molecule has 0 aliphatic carbocycles. The van der Waals surface area contributed by atoms with Crippen molar-refractivity contribution in [2.24, 2.45) is 5.73 Å². The molecule has 18 heavy (non-hydrogen) atoms. The zero-order valence-corrected chi connectivity index (χ0v) is 11.2. The van der Waals surface area contributed by atoms with Gasteiger partial charge < -0.3 is 19.9 Å². The van der Waals surface area contributed by atoms with E-state index in [9.17, 15) is 0 Å². The van der Waals surface area contributed by atoms with Gasteiger partial charge in [0.25, 0.3) is 0 Å². The average molecular weight is 267 g/mol. The molecule has 1 heterocycles. The van der Waals surface area contributed by atoms with E-state index in [2.05, 4.69) is 0 Å². The number of benzene rings is 1. The van der Waals surface area contributed by atoms with E-state index in [4.69, 9.17) is 32.2 Å². The first-order valence-corrected chi connectivity index (χ1v) is 6.27. The van der Waals surface area contributed by atoms with Crippen molar-refractivity contribution in [2.45, 2.75) is 19.1 Å². The minimum atomic E-state index is 0.200. The van der Waals surface area contributed by atoms with Crippen LogP contribution in [0, 0.1) is 0 Å². The fourth-order valence-corrected chi connectivity index (χ4v) is 2.06. The van der Waals surface area contributed by atoms with Gasteiger partial charge in [0.1, 0.15) is 10.7 Å². The molecule has 1 unspecified atom stereocenters. The molecule has 1 aliphatic rings. The molecule has 98 valence electrons. The second-order valence-corrected chi connectivity index (χ2v) is 4.64. The monoisotopic (exact) mass is 267 g/mol. The van der Waals surface area contributed by atoms with Crippen LogP contribution in [0.5, 0.6) is 5.75 Å². The average Bonchev–Trinajstić information content (AvgIpc) is 2.88. The summed E-state index contributed by atoms with van der Waals surface area (Å²) in [6.45, 7) is 2.01. The molecule has 0 saturated carbocycles. The summed E-state index contributed by atoms with van der Waals surface area (Å²) in [6.07, 6.45) is 1.16. The molecule has 1 aromatic rings. The van der Waals surface area contributed by atoms with Crippen molar-refractivity contribution in [3.63, 3.8) is 0 Å². The molecule has 4 nitrogen and oxygen atoms in total.